The van der Waals surface area contributed by atoms with Crippen molar-refractivity contribution in [2.24, 2.45) is 0 Å². The lowest BCUT2D eigenvalue weighted by Crippen LogP contribution is -1.98. The zero-order valence-electron chi connectivity index (χ0n) is 10.5. The van der Waals surface area contributed by atoms with Gasteiger partial charge in [-0.1, -0.05) is 6.07 Å². The topological polar surface area (TPSA) is 85.5 Å². The predicted molar refractivity (Wildman–Crippen MR) is 75.8 cm³/mol. The monoisotopic (exact) mass is 338 g/mol. The molecule has 0 aliphatic rings. The number of nitro benzene ring substituents is 1. The number of hydrogen-bond acceptors (Lipinski definition) is 5. The van der Waals surface area contributed by atoms with Crippen molar-refractivity contribution in [3.8, 4) is 11.6 Å². The van der Waals surface area contributed by atoms with E-state index >= 15 is 0 Å². The molecular weight excluding hydrogens is 328 g/mol. The maximum Gasteiger partial charge on any atom is 0.312 e. The molecule has 0 fully saturated rings. The first-order chi connectivity index (χ1) is 9.52. The summed E-state index contributed by atoms with van der Waals surface area (Å²) in [6.07, 6.45) is 1.46. The molecule has 0 amide bonds. The molecule has 0 bridgehead atoms. The van der Waals surface area contributed by atoms with E-state index in [0.717, 1.165) is 0 Å². The van der Waals surface area contributed by atoms with Crippen LogP contribution in [0, 0.1) is 17.0 Å². The van der Waals surface area contributed by atoms with Gasteiger partial charge in [-0.15, -0.1) is 0 Å². The highest BCUT2D eigenvalue weighted by atomic mass is 79.9. The summed E-state index contributed by atoms with van der Waals surface area (Å²) in [5.74, 6) is 0.363. The zero-order chi connectivity index (χ0) is 14.7. The van der Waals surface area contributed by atoms with E-state index in [1.54, 1.807) is 25.1 Å². The standard InChI is InChI=1S/C13H11BrN2O4/c1-8-5-9(7-17)6-15-13(8)20-12-10(14)3-2-4-11(12)16(18)19/h2-6,17H,7H2,1H3. The van der Waals surface area contributed by atoms with Gasteiger partial charge >= 0.3 is 5.69 Å². The first-order valence-corrected chi connectivity index (χ1v) is 6.49. The summed E-state index contributed by atoms with van der Waals surface area (Å²) in [5, 5.41) is 20.0. The number of aryl methyl sites for hydroxylation is 1. The Morgan fingerprint density at radius 2 is 2.25 bits per heavy atom. The van der Waals surface area contributed by atoms with Crippen molar-refractivity contribution in [2.45, 2.75) is 13.5 Å². The smallest absolute Gasteiger partial charge is 0.312 e. The molecule has 0 aliphatic carbocycles. The number of aromatic nitrogens is 1. The third kappa shape index (κ3) is 2.94. The van der Waals surface area contributed by atoms with Crippen molar-refractivity contribution < 1.29 is 14.8 Å². The highest BCUT2D eigenvalue weighted by Crippen LogP contribution is 2.38. The fourth-order valence-electron chi connectivity index (χ4n) is 1.65. The highest BCUT2D eigenvalue weighted by molar-refractivity contribution is 9.10. The van der Waals surface area contributed by atoms with Gasteiger partial charge in [-0.25, -0.2) is 4.98 Å². The summed E-state index contributed by atoms with van der Waals surface area (Å²) < 4.78 is 6.02. The van der Waals surface area contributed by atoms with Crippen LogP contribution >= 0.6 is 15.9 Å². The Morgan fingerprint density at radius 1 is 1.50 bits per heavy atom. The van der Waals surface area contributed by atoms with E-state index in [1.165, 1.54) is 12.3 Å². The fraction of sp³-hybridized carbons (Fsp3) is 0.154. The average Bonchev–Trinajstić information content (AvgIpc) is 2.42. The maximum absolute atomic E-state index is 11.0. The van der Waals surface area contributed by atoms with E-state index < -0.39 is 4.92 Å². The molecule has 1 N–H and O–H groups in total. The zero-order valence-corrected chi connectivity index (χ0v) is 12.1. The molecule has 6 nitrogen and oxygen atoms in total. The molecule has 2 aromatic rings. The molecule has 0 spiro atoms. The molecule has 0 aliphatic heterocycles. The number of hydrogen-bond donors (Lipinski definition) is 1. The average molecular weight is 339 g/mol. The summed E-state index contributed by atoms with van der Waals surface area (Å²) in [6.45, 7) is 1.63. The number of para-hydroxylation sites is 1. The van der Waals surface area contributed by atoms with E-state index in [2.05, 4.69) is 20.9 Å². The second-order valence-corrected chi connectivity index (χ2v) is 4.93. The number of rotatable bonds is 4. The molecule has 0 radical (unpaired) electrons. The molecule has 1 aromatic heterocycles. The lowest BCUT2D eigenvalue weighted by Gasteiger charge is -2.10. The maximum atomic E-state index is 11.0. The number of halogens is 1. The van der Waals surface area contributed by atoms with Gasteiger partial charge in [-0.3, -0.25) is 10.1 Å². The third-order valence-electron chi connectivity index (χ3n) is 2.61. The minimum absolute atomic E-state index is 0.102. The number of nitrogens with zero attached hydrogens (tertiary/aromatic N) is 2. The van der Waals surface area contributed by atoms with Crippen molar-refractivity contribution in [3.05, 3.63) is 56.2 Å². The van der Waals surface area contributed by atoms with Gasteiger partial charge in [0, 0.05) is 17.8 Å². The van der Waals surface area contributed by atoms with Crippen molar-refractivity contribution in [1.29, 1.82) is 0 Å². The van der Waals surface area contributed by atoms with Crippen molar-refractivity contribution >= 4 is 21.6 Å². The van der Waals surface area contributed by atoms with Crippen LogP contribution in [-0.2, 0) is 6.61 Å². The van der Waals surface area contributed by atoms with Gasteiger partial charge in [-0.2, -0.15) is 0 Å². The lowest BCUT2D eigenvalue weighted by molar-refractivity contribution is -0.385. The van der Waals surface area contributed by atoms with Crippen molar-refractivity contribution in [3.63, 3.8) is 0 Å². The Balaban J connectivity index is 2.42. The fourth-order valence-corrected chi connectivity index (χ4v) is 2.09. The molecule has 0 saturated carbocycles. The van der Waals surface area contributed by atoms with Crippen LogP contribution in [0.25, 0.3) is 0 Å². The lowest BCUT2D eigenvalue weighted by atomic mass is 10.2. The minimum Gasteiger partial charge on any atom is -0.430 e. The summed E-state index contributed by atoms with van der Waals surface area (Å²) in [5.41, 5.74) is 1.19. The molecule has 20 heavy (non-hydrogen) atoms. The largest absolute Gasteiger partial charge is 0.430 e. The summed E-state index contributed by atoms with van der Waals surface area (Å²) in [4.78, 5) is 14.5. The first-order valence-electron chi connectivity index (χ1n) is 5.70. The van der Waals surface area contributed by atoms with Gasteiger partial charge in [0.2, 0.25) is 11.6 Å². The Morgan fingerprint density at radius 3 is 2.85 bits per heavy atom. The van der Waals surface area contributed by atoms with E-state index in [9.17, 15) is 10.1 Å². The van der Waals surface area contributed by atoms with Crippen LogP contribution in [0.2, 0.25) is 0 Å². The van der Waals surface area contributed by atoms with Crippen LogP contribution in [0.4, 0.5) is 5.69 Å². The number of benzene rings is 1. The van der Waals surface area contributed by atoms with E-state index in [1.807, 2.05) is 0 Å². The Kier molecular flexibility index (Phi) is 4.31. The van der Waals surface area contributed by atoms with E-state index in [0.29, 0.717) is 15.6 Å². The number of ether oxygens (including phenoxy) is 1. The van der Waals surface area contributed by atoms with Gasteiger partial charge in [0.15, 0.2) is 0 Å². The normalized spacial score (nSPS) is 10.3. The van der Waals surface area contributed by atoms with Gasteiger partial charge in [-0.05, 0) is 40.5 Å². The molecule has 2 rings (SSSR count). The van der Waals surface area contributed by atoms with E-state index in [-0.39, 0.29) is 23.9 Å². The molecular formula is C13H11BrN2O4. The Bertz CT molecular complexity index is 661. The van der Waals surface area contributed by atoms with E-state index in [4.69, 9.17) is 9.84 Å². The molecule has 0 unspecified atom stereocenters. The van der Waals surface area contributed by atoms with Crippen LogP contribution in [0.15, 0.2) is 34.9 Å². The highest BCUT2D eigenvalue weighted by Gasteiger charge is 2.19. The van der Waals surface area contributed by atoms with Crippen LogP contribution in [0.5, 0.6) is 11.6 Å². The van der Waals surface area contributed by atoms with Crippen LogP contribution in [-0.4, -0.2) is 15.0 Å². The number of nitro groups is 1. The van der Waals surface area contributed by atoms with Crippen LogP contribution in [0.1, 0.15) is 11.1 Å². The molecule has 1 aromatic carbocycles. The second kappa shape index (κ2) is 5.98. The predicted octanol–water partition coefficient (Wildman–Crippen LogP) is 3.35. The molecule has 0 atom stereocenters. The number of aliphatic hydroxyl groups is 1. The third-order valence-corrected chi connectivity index (χ3v) is 3.24. The summed E-state index contributed by atoms with van der Waals surface area (Å²) in [7, 11) is 0. The minimum atomic E-state index is -0.516. The van der Waals surface area contributed by atoms with Crippen LogP contribution < -0.4 is 4.74 Å². The molecule has 1 heterocycles. The Hall–Kier alpha value is -1.99. The van der Waals surface area contributed by atoms with Crippen LogP contribution in [0.3, 0.4) is 0 Å². The van der Waals surface area contributed by atoms with Crippen molar-refractivity contribution in [1.82, 2.24) is 4.98 Å². The summed E-state index contributed by atoms with van der Waals surface area (Å²) >= 11 is 3.23. The molecule has 104 valence electrons. The van der Waals surface area contributed by atoms with Gasteiger partial charge in [0.1, 0.15) is 0 Å². The quantitative estimate of drug-likeness (QED) is 0.682. The second-order valence-electron chi connectivity index (χ2n) is 4.07. The van der Waals surface area contributed by atoms with Gasteiger partial charge < -0.3 is 9.84 Å². The SMILES string of the molecule is Cc1cc(CO)cnc1Oc1c(Br)cccc1[N+](=O)[O-]. The van der Waals surface area contributed by atoms with Crippen molar-refractivity contribution in [2.75, 3.05) is 0 Å². The molecule has 0 saturated heterocycles. The summed E-state index contributed by atoms with van der Waals surface area (Å²) in [6, 6.07) is 6.28. The first kappa shape index (κ1) is 14.4. The number of aliphatic hydroxyl groups excluding tert-OH is 1. The number of pyridine rings is 1. The molecule has 7 heteroatoms. The van der Waals surface area contributed by atoms with Gasteiger partial charge in [0.05, 0.1) is 16.0 Å². The van der Waals surface area contributed by atoms with Gasteiger partial charge in [0.25, 0.3) is 0 Å². The Labute approximate surface area is 123 Å².